The molecule has 0 aliphatic heterocycles. The summed E-state index contributed by atoms with van der Waals surface area (Å²) in [5.74, 6) is 1.55. The van der Waals surface area contributed by atoms with Crippen molar-refractivity contribution in [2.24, 2.45) is 0 Å². The van der Waals surface area contributed by atoms with Crippen molar-refractivity contribution in [1.29, 1.82) is 0 Å². The van der Waals surface area contributed by atoms with Crippen LogP contribution in [0.15, 0.2) is 47.2 Å². The van der Waals surface area contributed by atoms with E-state index in [0.717, 1.165) is 33.5 Å². The normalized spacial score (nSPS) is 12.2. The number of fused-ring (bicyclic) bond motifs is 1. The molecule has 1 atom stereocenters. The lowest BCUT2D eigenvalue weighted by atomic mass is 10.2. The van der Waals surface area contributed by atoms with Gasteiger partial charge in [-0.3, -0.25) is 9.78 Å². The summed E-state index contributed by atoms with van der Waals surface area (Å²) in [5, 5.41) is 3.07. The van der Waals surface area contributed by atoms with E-state index in [9.17, 15) is 4.79 Å². The molecule has 2 N–H and O–H groups in total. The summed E-state index contributed by atoms with van der Waals surface area (Å²) in [5.41, 5.74) is 2.40. The summed E-state index contributed by atoms with van der Waals surface area (Å²) in [4.78, 5) is 24.5. The van der Waals surface area contributed by atoms with Crippen molar-refractivity contribution in [3.05, 3.63) is 58.6 Å². The van der Waals surface area contributed by atoms with Crippen LogP contribution in [0.1, 0.15) is 28.6 Å². The topological polar surface area (TPSA) is 70.7 Å². The molecule has 0 aliphatic carbocycles. The SMILES string of the molecule is CSCCC(NC(=O)c1cncc(Br)c1)c1nc2ccccc2[nH]1. The lowest BCUT2D eigenvalue weighted by Crippen LogP contribution is -2.29. The highest BCUT2D eigenvalue weighted by molar-refractivity contribution is 9.10. The number of para-hydroxylation sites is 2. The third kappa shape index (κ3) is 3.96. The van der Waals surface area contributed by atoms with Crippen molar-refractivity contribution in [3.63, 3.8) is 0 Å². The second-order valence-corrected chi connectivity index (χ2v) is 7.24. The van der Waals surface area contributed by atoms with Crippen LogP contribution in [0.5, 0.6) is 0 Å². The quantitative estimate of drug-likeness (QED) is 0.652. The van der Waals surface area contributed by atoms with Gasteiger partial charge in [0.1, 0.15) is 5.82 Å². The van der Waals surface area contributed by atoms with Crippen molar-refractivity contribution in [2.75, 3.05) is 12.0 Å². The molecular formula is C17H17BrN4OS. The third-order valence-electron chi connectivity index (χ3n) is 3.62. The van der Waals surface area contributed by atoms with E-state index in [-0.39, 0.29) is 11.9 Å². The van der Waals surface area contributed by atoms with E-state index in [2.05, 4.69) is 42.5 Å². The average molecular weight is 405 g/mol. The number of imidazole rings is 1. The summed E-state index contributed by atoms with van der Waals surface area (Å²) in [6, 6.07) is 9.45. The lowest BCUT2D eigenvalue weighted by molar-refractivity contribution is 0.0933. The molecule has 0 bridgehead atoms. The first-order valence-electron chi connectivity index (χ1n) is 7.52. The van der Waals surface area contributed by atoms with Gasteiger partial charge in [-0.15, -0.1) is 0 Å². The number of hydrogen-bond acceptors (Lipinski definition) is 4. The molecule has 0 saturated heterocycles. The molecule has 5 nitrogen and oxygen atoms in total. The number of H-pyrrole nitrogens is 1. The van der Waals surface area contributed by atoms with Gasteiger partial charge in [0.25, 0.3) is 5.91 Å². The van der Waals surface area contributed by atoms with Crippen molar-refractivity contribution in [3.8, 4) is 0 Å². The number of thioether (sulfide) groups is 1. The van der Waals surface area contributed by atoms with E-state index < -0.39 is 0 Å². The summed E-state index contributed by atoms with van der Waals surface area (Å²) in [6.07, 6.45) is 6.06. The Morgan fingerprint density at radius 2 is 2.21 bits per heavy atom. The number of nitrogens with zero attached hydrogens (tertiary/aromatic N) is 2. The first-order chi connectivity index (χ1) is 11.7. The van der Waals surface area contributed by atoms with E-state index in [4.69, 9.17) is 0 Å². The minimum atomic E-state index is -0.170. The van der Waals surface area contributed by atoms with Crippen LogP contribution >= 0.6 is 27.7 Å². The Balaban J connectivity index is 1.84. The number of aromatic nitrogens is 3. The van der Waals surface area contributed by atoms with Crippen LogP contribution in [0, 0.1) is 0 Å². The number of amides is 1. The van der Waals surface area contributed by atoms with E-state index in [1.807, 2.05) is 24.3 Å². The molecule has 2 heterocycles. The molecule has 7 heteroatoms. The second kappa shape index (κ2) is 7.81. The molecule has 1 aromatic carbocycles. The Labute approximate surface area is 152 Å². The summed E-state index contributed by atoms with van der Waals surface area (Å²) in [7, 11) is 0. The van der Waals surface area contributed by atoms with Crippen LogP contribution < -0.4 is 5.32 Å². The maximum Gasteiger partial charge on any atom is 0.253 e. The first-order valence-corrected chi connectivity index (χ1v) is 9.71. The van der Waals surface area contributed by atoms with Crippen molar-refractivity contribution >= 4 is 44.6 Å². The monoisotopic (exact) mass is 404 g/mol. The molecule has 0 radical (unpaired) electrons. The zero-order valence-electron chi connectivity index (χ0n) is 13.1. The molecule has 0 aliphatic rings. The molecule has 3 aromatic rings. The summed E-state index contributed by atoms with van der Waals surface area (Å²) < 4.78 is 0.777. The Hall–Kier alpha value is -1.86. The largest absolute Gasteiger partial charge is 0.342 e. The van der Waals surface area contributed by atoms with Gasteiger partial charge in [0.05, 0.1) is 22.6 Å². The molecular weight excluding hydrogens is 388 g/mol. The number of carbonyl (C=O) groups is 1. The average Bonchev–Trinajstić information content (AvgIpc) is 3.02. The minimum Gasteiger partial charge on any atom is -0.342 e. The maximum atomic E-state index is 12.5. The zero-order chi connectivity index (χ0) is 16.9. The Bertz CT molecular complexity index is 818. The Kier molecular flexibility index (Phi) is 5.52. The number of halogens is 1. The van der Waals surface area contributed by atoms with Gasteiger partial charge in [0.2, 0.25) is 0 Å². The van der Waals surface area contributed by atoms with Crippen molar-refractivity contribution < 1.29 is 4.79 Å². The van der Waals surface area contributed by atoms with Gasteiger partial charge in [0.15, 0.2) is 0 Å². The number of aromatic amines is 1. The minimum absolute atomic E-state index is 0.157. The van der Waals surface area contributed by atoms with Crippen LogP contribution in [-0.2, 0) is 0 Å². The van der Waals surface area contributed by atoms with Gasteiger partial charge in [-0.2, -0.15) is 11.8 Å². The number of hydrogen-bond donors (Lipinski definition) is 2. The highest BCUT2D eigenvalue weighted by Gasteiger charge is 2.19. The molecule has 0 fully saturated rings. The van der Waals surface area contributed by atoms with Crippen molar-refractivity contribution in [1.82, 2.24) is 20.3 Å². The van der Waals surface area contributed by atoms with E-state index in [1.54, 1.807) is 30.2 Å². The number of nitrogens with one attached hydrogen (secondary N) is 2. The van der Waals surface area contributed by atoms with E-state index in [0.29, 0.717) is 5.56 Å². The standard InChI is InChI=1S/C17H17BrN4OS/c1-24-7-6-15(16-20-13-4-2-3-5-14(13)21-16)22-17(23)11-8-12(18)10-19-9-11/h2-5,8-10,15H,6-7H2,1H3,(H,20,21)(H,22,23). The molecule has 24 heavy (non-hydrogen) atoms. The number of pyridine rings is 1. The summed E-state index contributed by atoms with van der Waals surface area (Å²) >= 11 is 5.09. The second-order valence-electron chi connectivity index (χ2n) is 5.34. The Morgan fingerprint density at radius 1 is 1.38 bits per heavy atom. The van der Waals surface area contributed by atoms with Crippen molar-refractivity contribution in [2.45, 2.75) is 12.5 Å². The van der Waals surface area contributed by atoms with Crippen LogP contribution in [0.25, 0.3) is 11.0 Å². The predicted molar refractivity (Wildman–Crippen MR) is 101 cm³/mol. The third-order valence-corrected chi connectivity index (χ3v) is 4.70. The highest BCUT2D eigenvalue weighted by Crippen LogP contribution is 2.21. The molecule has 1 amide bonds. The fraction of sp³-hybridized carbons (Fsp3) is 0.235. The van der Waals surface area contributed by atoms with Gasteiger partial charge in [-0.1, -0.05) is 12.1 Å². The van der Waals surface area contributed by atoms with E-state index in [1.165, 1.54) is 0 Å². The first kappa shape index (κ1) is 17.0. The fourth-order valence-corrected chi connectivity index (χ4v) is 3.26. The molecule has 3 rings (SSSR count). The molecule has 0 spiro atoms. The van der Waals surface area contributed by atoms with Gasteiger partial charge in [-0.25, -0.2) is 4.98 Å². The molecule has 2 aromatic heterocycles. The summed E-state index contributed by atoms with van der Waals surface area (Å²) in [6.45, 7) is 0. The van der Waals surface area contributed by atoms with Crippen LogP contribution in [0.4, 0.5) is 0 Å². The predicted octanol–water partition coefficient (Wildman–Crippen LogP) is 3.94. The van der Waals surface area contributed by atoms with Crippen LogP contribution in [0.2, 0.25) is 0 Å². The van der Waals surface area contributed by atoms with Crippen LogP contribution in [-0.4, -0.2) is 32.9 Å². The molecule has 0 saturated carbocycles. The van der Waals surface area contributed by atoms with Crippen LogP contribution in [0.3, 0.4) is 0 Å². The van der Waals surface area contributed by atoms with Gasteiger partial charge in [-0.05, 0) is 52.6 Å². The molecule has 124 valence electrons. The maximum absolute atomic E-state index is 12.5. The lowest BCUT2D eigenvalue weighted by Gasteiger charge is -2.16. The van der Waals surface area contributed by atoms with E-state index >= 15 is 0 Å². The number of rotatable bonds is 6. The smallest absolute Gasteiger partial charge is 0.253 e. The van der Waals surface area contributed by atoms with Gasteiger partial charge in [0, 0.05) is 16.9 Å². The highest BCUT2D eigenvalue weighted by atomic mass is 79.9. The zero-order valence-corrected chi connectivity index (χ0v) is 15.5. The van der Waals surface area contributed by atoms with Gasteiger partial charge < -0.3 is 10.3 Å². The fourth-order valence-electron chi connectivity index (χ4n) is 2.43. The number of carbonyl (C=O) groups excluding carboxylic acids is 1. The number of benzene rings is 1. The molecule has 1 unspecified atom stereocenters. The van der Waals surface area contributed by atoms with Gasteiger partial charge >= 0.3 is 0 Å². The Morgan fingerprint density at radius 3 is 2.96 bits per heavy atom.